The molecule has 1 aromatic carbocycles. The third kappa shape index (κ3) is 3.21. The molecule has 1 aromatic rings. The van der Waals surface area contributed by atoms with E-state index < -0.39 is 0 Å². The Morgan fingerprint density at radius 3 is 2.60 bits per heavy atom. The summed E-state index contributed by atoms with van der Waals surface area (Å²) in [7, 11) is 0. The maximum Gasteiger partial charge on any atom is 0.127 e. The van der Waals surface area contributed by atoms with Gasteiger partial charge in [-0.15, -0.1) is 0 Å². The Kier molecular flexibility index (Phi) is 4.37. The van der Waals surface area contributed by atoms with Crippen molar-refractivity contribution in [2.24, 2.45) is 11.8 Å². The van der Waals surface area contributed by atoms with Gasteiger partial charge in [0.15, 0.2) is 0 Å². The molecule has 0 N–H and O–H groups in total. The monoisotopic (exact) mass is 336 g/mol. The first-order chi connectivity index (χ1) is 9.72. The second-order valence-corrected chi connectivity index (χ2v) is 6.47. The van der Waals surface area contributed by atoms with Crippen LogP contribution in [0, 0.1) is 17.7 Å². The van der Waals surface area contributed by atoms with Crippen molar-refractivity contribution in [2.45, 2.75) is 25.4 Å². The average Bonchev–Trinajstić information content (AvgIpc) is 2.39. The molecule has 2 unspecified atom stereocenters. The van der Waals surface area contributed by atoms with E-state index in [9.17, 15) is 4.39 Å². The molecule has 20 heavy (non-hydrogen) atoms. The van der Waals surface area contributed by atoms with Crippen LogP contribution in [0.2, 0.25) is 0 Å². The molecular formula is C17H18BrFO. The van der Waals surface area contributed by atoms with Crippen molar-refractivity contribution in [2.75, 3.05) is 6.61 Å². The second-order valence-electron chi connectivity index (χ2n) is 5.55. The Morgan fingerprint density at radius 2 is 1.95 bits per heavy atom. The molecule has 3 heteroatoms. The summed E-state index contributed by atoms with van der Waals surface area (Å²) in [6.45, 7) is 0.892. The Bertz CT molecular complexity index is 534. The molecule has 1 saturated heterocycles. The van der Waals surface area contributed by atoms with Gasteiger partial charge in [-0.3, -0.25) is 0 Å². The largest absolute Gasteiger partial charge is 0.378 e. The summed E-state index contributed by atoms with van der Waals surface area (Å²) in [6.07, 6.45) is 12.0. The third-order valence-electron chi connectivity index (χ3n) is 4.18. The summed E-state index contributed by atoms with van der Waals surface area (Å²) < 4.78 is 20.3. The topological polar surface area (TPSA) is 9.23 Å². The molecule has 106 valence electrons. The van der Waals surface area contributed by atoms with E-state index in [2.05, 4.69) is 40.2 Å². The summed E-state index contributed by atoms with van der Waals surface area (Å²) in [5.41, 5.74) is 0.790. The van der Waals surface area contributed by atoms with Gasteiger partial charge in [-0.1, -0.05) is 46.3 Å². The van der Waals surface area contributed by atoms with Gasteiger partial charge in [0, 0.05) is 11.1 Å². The van der Waals surface area contributed by atoms with Gasteiger partial charge in [-0.05, 0) is 48.8 Å². The fourth-order valence-corrected chi connectivity index (χ4v) is 3.22. The van der Waals surface area contributed by atoms with Crippen molar-refractivity contribution in [3.8, 4) is 0 Å². The molecule has 3 atom stereocenters. The zero-order valence-corrected chi connectivity index (χ0v) is 12.9. The summed E-state index contributed by atoms with van der Waals surface area (Å²) >= 11 is 3.30. The van der Waals surface area contributed by atoms with Crippen LogP contribution < -0.4 is 0 Å². The van der Waals surface area contributed by atoms with E-state index in [0.717, 1.165) is 35.9 Å². The van der Waals surface area contributed by atoms with E-state index >= 15 is 0 Å². The zero-order chi connectivity index (χ0) is 13.9. The van der Waals surface area contributed by atoms with Crippen LogP contribution in [0.1, 0.15) is 18.4 Å². The molecule has 2 aliphatic rings. The van der Waals surface area contributed by atoms with Crippen LogP contribution in [0.3, 0.4) is 0 Å². The van der Waals surface area contributed by atoms with E-state index in [4.69, 9.17) is 4.74 Å². The Morgan fingerprint density at radius 1 is 1.20 bits per heavy atom. The van der Waals surface area contributed by atoms with Gasteiger partial charge in [0.1, 0.15) is 5.82 Å². The maximum atomic E-state index is 14.0. The Balaban J connectivity index is 1.70. The molecule has 1 heterocycles. The lowest BCUT2D eigenvalue weighted by Crippen LogP contribution is -2.31. The van der Waals surface area contributed by atoms with Gasteiger partial charge in [0.05, 0.1) is 6.10 Å². The molecule has 0 aromatic heterocycles. The van der Waals surface area contributed by atoms with E-state index in [0.29, 0.717) is 17.9 Å². The SMILES string of the molecule is Fc1cc(Br)ccc1CC1C=CC=C[C@@H]1CC1CCO1. The van der Waals surface area contributed by atoms with Crippen molar-refractivity contribution in [1.82, 2.24) is 0 Å². The quantitative estimate of drug-likeness (QED) is 0.776. The summed E-state index contributed by atoms with van der Waals surface area (Å²) in [4.78, 5) is 0. The molecule has 0 bridgehead atoms. The van der Waals surface area contributed by atoms with E-state index in [1.54, 1.807) is 6.07 Å². The van der Waals surface area contributed by atoms with Gasteiger partial charge in [0.2, 0.25) is 0 Å². The van der Waals surface area contributed by atoms with Gasteiger partial charge in [-0.2, -0.15) is 0 Å². The van der Waals surface area contributed by atoms with Crippen LogP contribution in [-0.2, 0) is 11.2 Å². The molecule has 1 aliphatic heterocycles. The number of allylic oxidation sites excluding steroid dienone is 4. The van der Waals surface area contributed by atoms with E-state index in [1.807, 2.05) is 12.1 Å². The van der Waals surface area contributed by atoms with Crippen LogP contribution >= 0.6 is 15.9 Å². The lowest BCUT2D eigenvalue weighted by molar-refractivity contribution is -0.0621. The first-order valence-electron chi connectivity index (χ1n) is 7.13. The fraction of sp³-hybridized carbons (Fsp3) is 0.412. The standard InChI is InChI=1S/C17H18BrFO/c18-15-6-5-14(17(19)11-15)9-12-3-1-2-4-13(12)10-16-7-8-20-16/h1-6,11-13,16H,7-10H2/t12?,13-,16?/m1/s1. The number of halogens is 2. The highest BCUT2D eigenvalue weighted by atomic mass is 79.9. The van der Waals surface area contributed by atoms with Gasteiger partial charge in [-0.25, -0.2) is 4.39 Å². The highest BCUT2D eigenvalue weighted by molar-refractivity contribution is 9.10. The van der Waals surface area contributed by atoms with Crippen molar-refractivity contribution in [3.63, 3.8) is 0 Å². The smallest absolute Gasteiger partial charge is 0.127 e. The molecule has 1 fully saturated rings. The number of ether oxygens (including phenoxy) is 1. The van der Waals surface area contributed by atoms with Gasteiger partial charge >= 0.3 is 0 Å². The van der Waals surface area contributed by atoms with Crippen LogP contribution in [0.4, 0.5) is 4.39 Å². The Labute approximate surface area is 127 Å². The van der Waals surface area contributed by atoms with Crippen LogP contribution in [0.5, 0.6) is 0 Å². The van der Waals surface area contributed by atoms with Gasteiger partial charge in [0.25, 0.3) is 0 Å². The van der Waals surface area contributed by atoms with Crippen LogP contribution in [0.15, 0.2) is 47.0 Å². The molecule has 0 radical (unpaired) electrons. The van der Waals surface area contributed by atoms with Gasteiger partial charge < -0.3 is 4.74 Å². The van der Waals surface area contributed by atoms with Crippen molar-refractivity contribution in [1.29, 1.82) is 0 Å². The molecule has 0 spiro atoms. The van der Waals surface area contributed by atoms with Crippen LogP contribution in [0.25, 0.3) is 0 Å². The highest BCUT2D eigenvalue weighted by Crippen LogP contribution is 2.32. The molecule has 0 amide bonds. The van der Waals surface area contributed by atoms with E-state index in [-0.39, 0.29) is 5.82 Å². The summed E-state index contributed by atoms with van der Waals surface area (Å²) in [5.74, 6) is 0.689. The van der Waals surface area contributed by atoms with Crippen molar-refractivity contribution in [3.05, 3.63) is 58.4 Å². The minimum atomic E-state index is -0.124. The molecule has 0 saturated carbocycles. The minimum absolute atomic E-state index is 0.124. The molecule has 3 rings (SSSR count). The number of hydrogen-bond acceptors (Lipinski definition) is 1. The average molecular weight is 337 g/mol. The molecule has 1 nitrogen and oxygen atoms in total. The number of rotatable bonds is 4. The molecular weight excluding hydrogens is 319 g/mol. The molecule has 1 aliphatic carbocycles. The fourth-order valence-electron chi connectivity index (χ4n) is 2.89. The number of benzene rings is 1. The second kappa shape index (κ2) is 6.23. The first-order valence-corrected chi connectivity index (χ1v) is 7.92. The Hall–Kier alpha value is -0.930. The summed E-state index contributed by atoms with van der Waals surface area (Å²) in [5, 5.41) is 0. The lowest BCUT2D eigenvalue weighted by Gasteiger charge is -2.33. The highest BCUT2D eigenvalue weighted by Gasteiger charge is 2.27. The summed E-state index contributed by atoms with van der Waals surface area (Å²) in [6, 6.07) is 5.33. The maximum absolute atomic E-state index is 14.0. The van der Waals surface area contributed by atoms with E-state index in [1.165, 1.54) is 0 Å². The predicted octanol–water partition coefficient (Wildman–Crippen LogP) is 4.67. The number of hydrogen-bond donors (Lipinski definition) is 0. The normalized spacial score (nSPS) is 28.4. The lowest BCUT2D eigenvalue weighted by atomic mass is 9.80. The third-order valence-corrected chi connectivity index (χ3v) is 4.67. The van der Waals surface area contributed by atoms with Crippen molar-refractivity contribution < 1.29 is 9.13 Å². The minimum Gasteiger partial charge on any atom is -0.378 e. The van der Waals surface area contributed by atoms with Crippen molar-refractivity contribution >= 4 is 15.9 Å². The first kappa shape index (κ1) is 14.0. The zero-order valence-electron chi connectivity index (χ0n) is 11.3. The van der Waals surface area contributed by atoms with Crippen LogP contribution in [-0.4, -0.2) is 12.7 Å². The predicted molar refractivity (Wildman–Crippen MR) is 82.0 cm³/mol.